The van der Waals surface area contributed by atoms with Gasteiger partial charge in [0, 0.05) is 26.1 Å². The van der Waals surface area contributed by atoms with Crippen molar-refractivity contribution in [2.24, 2.45) is 0 Å². The van der Waals surface area contributed by atoms with E-state index >= 15 is 0 Å². The Morgan fingerprint density at radius 1 is 1.32 bits per heavy atom. The summed E-state index contributed by atoms with van der Waals surface area (Å²) in [5.74, 6) is -0.335. The molecule has 2 aliphatic heterocycles. The van der Waals surface area contributed by atoms with E-state index in [0.29, 0.717) is 24.3 Å². The molecule has 2 heterocycles. The van der Waals surface area contributed by atoms with E-state index in [-0.39, 0.29) is 11.9 Å². The fraction of sp³-hybridized carbons (Fsp3) is 0.385. The number of likely N-dealkylation sites (N-methyl/N-ethyl adjacent to an activating group) is 2. The summed E-state index contributed by atoms with van der Waals surface area (Å²) in [5, 5.41) is 0. The Bertz CT molecular complexity index is 589. The van der Waals surface area contributed by atoms with Gasteiger partial charge in [0.25, 0.3) is 5.91 Å². The first-order valence-electron chi connectivity index (χ1n) is 5.97. The number of rotatable bonds is 0. The molecule has 2 aliphatic rings. The summed E-state index contributed by atoms with van der Waals surface area (Å²) in [7, 11) is 2.99. The number of benzene rings is 1. The van der Waals surface area contributed by atoms with Crippen LogP contribution in [0.25, 0.3) is 0 Å². The van der Waals surface area contributed by atoms with Gasteiger partial charge in [0.1, 0.15) is 11.6 Å². The summed E-state index contributed by atoms with van der Waals surface area (Å²) in [5.41, 5.74) is -0.717. The summed E-state index contributed by atoms with van der Waals surface area (Å²) < 4.78 is 19.0. The molecule has 0 aliphatic carbocycles. The van der Waals surface area contributed by atoms with Crippen LogP contribution in [0.5, 0.6) is 5.75 Å². The summed E-state index contributed by atoms with van der Waals surface area (Å²) in [6.45, 7) is 0.315. The number of hydrogen-bond donors (Lipinski definition) is 0. The van der Waals surface area contributed by atoms with Gasteiger partial charge in [-0.05, 0) is 18.2 Å². The van der Waals surface area contributed by atoms with Crippen LogP contribution in [-0.4, -0.2) is 42.4 Å². The molecule has 1 fully saturated rings. The summed E-state index contributed by atoms with van der Waals surface area (Å²) >= 11 is 0. The monoisotopic (exact) mass is 264 g/mol. The number of imide groups is 1. The second kappa shape index (κ2) is 3.69. The van der Waals surface area contributed by atoms with Crippen molar-refractivity contribution in [1.82, 2.24) is 9.80 Å². The van der Waals surface area contributed by atoms with Gasteiger partial charge in [-0.1, -0.05) is 0 Å². The molecule has 1 spiro atoms. The molecule has 6 heteroatoms. The summed E-state index contributed by atoms with van der Waals surface area (Å²) in [6, 6.07) is 3.66. The van der Waals surface area contributed by atoms with E-state index in [1.807, 2.05) is 0 Å². The van der Waals surface area contributed by atoms with Crippen LogP contribution in [-0.2, 0) is 10.3 Å². The maximum atomic E-state index is 13.5. The first kappa shape index (κ1) is 12.0. The van der Waals surface area contributed by atoms with E-state index < -0.39 is 11.4 Å². The molecule has 0 unspecified atom stereocenters. The molecule has 19 heavy (non-hydrogen) atoms. The first-order valence-corrected chi connectivity index (χ1v) is 5.97. The molecular formula is C13H13FN2O3. The fourth-order valence-electron chi connectivity index (χ4n) is 2.86. The highest BCUT2D eigenvalue weighted by molar-refractivity contribution is 6.07. The second-order valence-corrected chi connectivity index (χ2v) is 4.80. The Morgan fingerprint density at radius 2 is 2.05 bits per heavy atom. The lowest BCUT2D eigenvalue weighted by Crippen LogP contribution is -2.48. The van der Waals surface area contributed by atoms with Crippen molar-refractivity contribution < 1.29 is 18.7 Å². The van der Waals surface area contributed by atoms with Crippen LogP contribution < -0.4 is 4.74 Å². The Balaban J connectivity index is 2.25. The normalized spacial score (nSPS) is 25.8. The average molecular weight is 264 g/mol. The van der Waals surface area contributed by atoms with Crippen molar-refractivity contribution in [3.05, 3.63) is 29.6 Å². The highest BCUT2D eigenvalue weighted by Crippen LogP contribution is 2.45. The predicted octanol–water partition coefficient (Wildman–Crippen LogP) is 1.33. The zero-order valence-corrected chi connectivity index (χ0v) is 10.6. The molecule has 0 N–H and O–H groups in total. The zero-order valence-electron chi connectivity index (χ0n) is 10.6. The lowest BCUT2D eigenvalue weighted by Gasteiger charge is -2.37. The minimum atomic E-state index is -1.14. The third kappa shape index (κ3) is 1.34. The lowest BCUT2D eigenvalue weighted by molar-refractivity contribution is -0.134. The van der Waals surface area contributed by atoms with Crippen molar-refractivity contribution in [2.75, 3.05) is 20.7 Å². The van der Waals surface area contributed by atoms with Crippen LogP contribution in [0.2, 0.25) is 0 Å². The van der Waals surface area contributed by atoms with Gasteiger partial charge in [-0.3, -0.25) is 9.69 Å². The van der Waals surface area contributed by atoms with Gasteiger partial charge in [0.05, 0.1) is 6.61 Å². The minimum absolute atomic E-state index is 0.315. The van der Waals surface area contributed by atoms with Crippen LogP contribution in [0, 0.1) is 5.82 Å². The van der Waals surface area contributed by atoms with Crippen LogP contribution in [0.3, 0.4) is 0 Å². The van der Waals surface area contributed by atoms with E-state index in [1.165, 1.54) is 30.1 Å². The number of carbonyl (C=O) groups excluding carboxylic acids is 2. The summed E-state index contributed by atoms with van der Waals surface area (Å²) in [4.78, 5) is 26.9. The lowest BCUT2D eigenvalue weighted by atomic mass is 9.83. The highest BCUT2D eigenvalue weighted by atomic mass is 19.1. The molecule has 5 nitrogen and oxygen atoms in total. The van der Waals surface area contributed by atoms with Crippen molar-refractivity contribution >= 4 is 11.9 Å². The zero-order chi connectivity index (χ0) is 13.8. The molecule has 0 aromatic heterocycles. The number of urea groups is 1. The van der Waals surface area contributed by atoms with E-state index in [4.69, 9.17) is 4.74 Å². The smallest absolute Gasteiger partial charge is 0.327 e. The number of amides is 3. The Kier molecular flexibility index (Phi) is 2.32. The maximum Gasteiger partial charge on any atom is 0.327 e. The molecule has 1 atom stereocenters. The third-order valence-corrected chi connectivity index (χ3v) is 3.91. The topological polar surface area (TPSA) is 49.9 Å². The fourth-order valence-corrected chi connectivity index (χ4v) is 2.86. The van der Waals surface area contributed by atoms with E-state index in [1.54, 1.807) is 7.05 Å². The van der Waals surface area contributed by atoms with Gasteiger partial charge in [-0.2, -0.15) is 0 Å². The number of fused-ring (bicyclic) bond motifs is 2. The van der Waals surface area contributed by atoms with E-state index in [2.05, 4.69) is 0 Å². The standard InChI is InChI=1S/C13H13FN2O3/c1-15-11(17)13(16(2)12(15)18)5-6-19-10-4-3-8(14)7-9(10)13/h3-4,7H,5-6H2,1-2H3/t13-/m1/s1. The molecule has 1 aromatic rings. The van der Waals surface area contributed by atoms with Gasteiger partial charge < -0.3 is 9.64 Å². The predicted molar refractivity (Wildman–Crippen MR) is 64.1 cm³/mol. The van der Waals surface area contributed by atoms with Gasteiger partial charge in [0.2, 0.25) is 0 Å². The van der Waals surface area contributed by atoms with Crippen LogP contribution in [0.4, 0.5) is 9.18 Å². The molecule has 1 aromatic carbocycles. The molecular weight excluding hydrogens is 251 g/mol. The van der Waals surface area contributed by atoms with Crippen molar-refractivity contribution in [1.29, 1.82) is 0 Å². The Hall–Kier alpha value is -2.11. The van der Waals surface area contributed by atoms with Crippen molar-refractivity contribution in [3.63, 3.8) is 0 Å². The maximum absolute atomic E-state index is 13.5. The first-order chi connectivity index (χ1) is 8.98. The number of hydrogen-bond acceptors (Lipinski definition) is 3. The molecule has 1 saturated heterocycles. The minimum Gasteiger partial charge on any atom is -0.493 e. The molecule has 3 rings (SSSR count). The Morgan fingerprint density at radius 3 is 2.68 bits per heavy atom. The van der Waals surface area contributed by atoms with E-state index in [9.17, 15) is 14.0 Å². The number of ether oxygens (including phenoxy) is 1. The number of carbonyl (C=O) groups is 2. The van der Waals surface area contributed by atoms with Crippen molar-refractivity contribution in [2.45, 2.75) is 12.0 Å². The Labute approximate surface area is 109 Å². The number of nitrogens with zero attached hydrogens (tertiary/aromatic N) is 2. The molecule has 100 valence electrons. The number of halogens is 1. The molecule has 0 radical (unpaired) electrons. The van der Waals surface area contributed by atoms with Gasteiger partial charge in [-0.15, -0.1) is 0 Å². The van der Waals surface area contributed by atoms with Crippen LogP contribution in [0.15, 0.2) is 18.2 Å². The van der Waals surface area contributed by atoms with Crippen molar-refractivity contribution in [3.8, 4) is 5.75 Å². The molecule has 3 amide bonds. The third-order valence-electron chi connectivity index (χ3n) is 3.91. The quantitative estimate of drug-likeness (QED) is 0.664. The largest absolute Gasteiger partial charge is 0.493 e. The van der Waals surface area contributed by atoms with E-state index in [0.717, 1.165) is 4.90 Å². The van der Waals surface area contributed by atoms with Crippen LogP contribution >= 0.6 is 0 Å². The van der Waals surface area contributed by atoms with Crippen LogP contribution in [0.1, 0.15) is 12.0 Å². The van der Waals surface area contributed by atoms with Gasteiger partial charge in [0.15, 0.2) is 5.54 Å². The molecule has 0 bridgehead atoms. The average Bonchev–Trinajstić information content (AvgIpc) is 2.57. The SMILES string of the molecule is CN1C(=O)N(C)[C@@]2(CCOc3ccc(F)cc32)C1=O. The summed E-state index contributed by atoms with van der Waals surface area (Å²) in [6.07, 6.45) is 0.328. The van der Waals surface area contributed by atoms with Gasteiger partial charge in [-0.25, -0.2) is 9.18 Å². The second-order valence-electron chi connectivity index (χ2n) is 4.80. The highest BCUT2D eigenvalue weighted by Gasteiger charge is 2.57. The van der Waals surface area contributed by atoms with Gasteiger partial charge >= 0.3 is 6.03 Å². The molecule has 0 saturated carbocycles.